The van der Waals surface area contributed by atoms with Gasteiger partial charge in [-0.3, -0.25) is 9.59 Å². The number of carbonyl (C=O) groups is 2. The van der Waals surface area contributed by atoms with Crippen LogP contribution in [0.15, 0.2) is 36.5 Å². The minimum Gasteiger partial charge on any atom is -0.466 e. The molecule has 0 aromatic carbocycles. The van der Waals surface area contributed by atoms with Crippen LogP contribution in [0.4, 0.5) is 0 Å². The van der Waals surface area contributed by atoms with E-state index in [0.717, 1.165) is 77.0 Å². The van der Waals surface area contributed by atoms with Crippen molar-refractivity contribution in [3.05, 3.63) is 36.5 Å². The maximum Gasteiger partial charge on any atom is 0.305 e. The molecule has 1 aliphatic rings. The summed E-state index contributed by atoms with van der Waals surface area (Å²) in [6, 6.07) is -0.814. The maximum absolute atomic E-state index is 13.0. The SMILES string of the molecule is CCCCCCC/C=C\CCCCCCCC(=O)OCCCCCCCCCCCCC/C=C\CCCCCCCCCC(=O)NC(COC1OC(CO)C(O)C(O)C1O)C(O)/C=C/CCCCCCCCC. The fraction of sp³-hybridized carbons (Fsp3) is 0.871. The van der Waals surface area contributed by atoms with Gasteiger partial charge in [-0.05, 0) is 83.5 Å². The Kier molecular flexibility index (Phi) is 49.0. The lowest BCUT2D eigenvalue weighted by molar-refractivity contribution is -0.302. The quantitative estimate of drug-likeness (QED) is 0.0195. The first kappa shape index (κ1) is 68.9. The fourth-order valence-electron chi connectivity index (χ4n) is 9.54. The van der Waals surface area contributed by atoms with E-state index < -0.39 is 49.5 Å². The number of carbonyl (C=O) groups excluding carboxylic acids is 2. The number of aliphatic hydroxyl groups is 5. The number of amides is 1. The molecular weight excluding hydrogens is 919 g/mol. The number of unbranched alkanes of at least 4 members (excludes halogenated alkanes) is 35. The average Bonchev–Trinajstić information content (AvgIpc) is 3.39. The van der Waals surface area contributed by atoms with E-state index in [0.29, 0.717) is 19.4 Å². The number of hydrogen-bond acceptors (Lipinski definition) is 10. The van der Waals surface area contributed by atoms with E-state index in [1.165, 1.54) is 180 Å². The first-order valence-corrected chi connectivity index (χ1v) is 30.8. The fourth-order valence-corrected chi connectivity index (χ4v) is 9.54. The van der Waals surface area contributed by atoms with Gasteiger partial charge in [-0.2, -0.15) is 0 Å². The van der Waals surface area contributed by atoms with Gasteiger partial charge in [0.1, 0.15) is 24.4 Å². The Hall–Kier alpha value is -2.12. The van der Waals surface area contributed by atoms with Crippen LogP contribution in [0.25, 0.3) is 0 Å². The van der Waals surface area contributed by atoms with Gasteiger partial charge >= 0.3 is 5.97 Å². The summed E-state index contributed by atoms with van der Waals surface area (Å²) in [6.07, 6.45) is 54.0. The van der Waals surface area contributed by atoms with Crippen LogP contribution in [0, 0.1) is 0 Å². The predicted molar refractivity (Wildman–Crippen MR) is 301 cm³/mol. The monoisotopic (exact) mass is 1030 g/mol. The van der Waals surface area contributed by atoms with Gasteiger partial charge in [0.2, 0.25) is 5.91 Å². The lowest BCUT2D eigenvalue weighted by atomic mass is 9.99. The van der Waals surface area contributed by atoms with Crippen molar-refractivity contribution in [3.63, 3.8) is 0 Å². The van der Waals surface area contributed by atoms with E-state index in [9.17, 15) is 35.1 Å². The summed E-state index contributed by atoms with van der Waals surface area (Å²) in [4.78, 5) is 25.0. The van der Waals surface area contributed by atoms with Gasteiger partial charge < -0.3 is 45.1 Å². The number of esters is 1. The third-order valence-corrected chi connectivity index (χ3v) is 14.5. The minimum absolute atomic E-state index is 0.0113. The van der Waals surface area contributed by atoms with Crippen molar-refractivity contribution >= 4 is 11.9 Å². The molecule has 11 heteroatoms. The van der Waals surface area contributed by atoms with E-state index in [-0.39, 0.29) is 18.5 Å². The topological polar surface area (TPSA) is 175 Å². The van der Waals surface area contributed by atoms with Gasteiger partial charge in [0.25, 0.3) is 0 Å². The highest BCUT2D eigenvalue weighted by Gasteiger charge is 2.44. The molecule has 0 spiro atoms. The molecule has 7 unspecified atom stereocenters. The molecule has 0 bridgehead atoms. The van der Waals surface area contributed by atoms with E-state index in [1.807, 2.05) is 6.08 Å². The number of rotatable bonds is 53. The molecule has 6 N–H and O–H groups in total. The van der Waals surface area contributed by atoms with Crippen LogP contribution in [0.1, 0.15) is 284 Å². The molecule has 7 atom stereocenters. The Morgan fingerprint density at radius 1 is 0.493 bits per heavy atom. The molecule has 428 valence electrons. The van der Waals surface area contributed by atoms with Crippen LogP contribution in [-0.2, 0) is 23.8 Å². The predicted octanol–water partition coefficient (Wildman–Crippen LogP) is 14.3. The van der Waals surface area contributed by atoms with Crippen molar-refractivity contribution in [1.82, 2.24) is 5.32 Å². The van der Waals surface area contributed by atoms with Crippen molar-refractivity contribution in [2.75, 3.05) is 19.8 Å². The van der Waals surface area contributed by atoms with Crippen LogP contribution in [0.2, 0.25) is 0 Å². The summed E-state index contributed by atoms with van der Waals surface area (Å²) in [7, 11) is 0. The summed E-state index contributed by atoms with van der Waals surface area (Å²) in [5.41, 5.74) is 0. The van der Waals surface area contributed by atoms with E-state index in [4.69, 9.17) is 14.2 Å². The molecule has 1 saturated heterocycles. The van der Waals surface area contributed by atoms with Gasteiger partial charge in [0.05, 0.1) is 32.0 Å². The molecule has 11 nitrogen and oxygen atoms in total. The molecule has 1 amide bonds. The number of aliphatic hydroxyl groups excluding tert-OH is 5. The molecule has 1 rings (SSSR count). The van der Waals surface area contributed by atoms with Crippen LogP contribution in [-0.4, -0.2) is 100 Å². The smallest absolute Gasteiger partial charge is 0.305 e. The van der Waals surface area contributed by atoms with Crippen LogP contribution in [0.5, 0.6) is 0 Å². The van der Waals surface area contributed by atoms with E-state index in [1.54, 1.807) is 6.08 Å². The normalized spacial score (nSPS) is 19.1. The lowest BCUT2D eigenvalue weighted by Crippen LogP contribution is -2.60. The zero-order chi connectivity index (χ0) is 53.1. The van der Waals surface area contributed by atoms with Crippen molar-refractivity contribution in [1.29, 1.82) is 0 Å². The first-order valence-electron chi connectivity index (χ1n) is 30.8. The largest absolute Gasteiger partial charge is 0.466 e. The highest BCUT2D eigenvalue weighted by molar-refractivity contribution is 5.76. The number of hydrogen-bond donors (Lipinski definition) is 6. The van der Waals surface area contributed by atoms with Gasteiger partial charge in [-0.25, -0.2) is 0 Å². The number of nitrogens with one attached hydrogen (secondary N) is 1. The third-order valence-electron chi connectivity index (χ3n) is 14.5. The molecule has 0 aromatic rings. The van der Waals surface area contributed by atoms with Gasteiger partial charge in [0, 0.05) is 12.8 Å². The van der Waals surface area contributed by atoms with Crippen molar-refractivity contribution in [2.24, 2.45) is 0 Å². The van der Waals surface area contributed by atoms with Gasteiger partial charge in [0.15, 0.2) is 6.29 Å². The Labute approximate surface area is 447 Å². The van der Waals surface area contributed by atoms with Gasteiger partial charge in [-0.15, -0.1) is 0 Å². The Bertz CT molecular complexity index is 1310. The Balaban J connectivity index is 2.01. The number of allylic oxidation sites excluding steroid dienone is 5. The Morgan fingerprint density at radius 3 is 1.32 bits per heavy atom. The molecule has 0 aliphatic carbocycles. The maximum atomic E-state index is 13.0. The second-order valence-electron chi connectivity index (χ2n) is 21.4. The summed E-state index contributed by atoms with van der Waals surface area (Å²) in [6.45, 7) is 4.30. The second-order valence-corrected chi connectivity index (χ2v) is 21.4. The summed E-state index contributed by atoms with van der Waals surface area (Å²) < 4.78 is 16.7. The van der Waals surface area contributed by atoms with Crippen LogP contribution >= 0.6 is 0 Å². The summed E-state index contributed by atoms with van der Waals surface area (Å²) in [5, 5.41) is 54.2. The molecule has 1 aliphatic heterocycles. The second kappa shape index (κ2) is 52.0. The standard InChI is InChI=1S/C62H115NO10/c1-3-5-7-9-11-13-14-15-27-30-34-38-42-46-50-58(67)71-51-47-43-39-35-31-28-25-23-21-19-17-16-18-20-22-24-26-29-33-37-41-45-49-57(66)63-54(55(65)48-44-40-36-32-12-10-8-6-4-2)53-72-62-61(70)60(69)59(68)56(52-64)73-62/h14-15,18,20,44,48,54-56,59-62,64-65,68-70H,3-13,16-17,19,21-43,45-47,49-53H2,1-2H3,(H,63,66)/b15-14-,20-18-,48-44+. The third kappa shape index (κ3) is 41.7. The van der Waals surface area contributed by atoms with E-state index in [2.05, 4.69) is 43.5 Å². The highest BCUT2D eigenvalue weighted by Crippen LogP contribution is 2.23. The lowest BCUT2D eigenvalue weighted by Gasteiger charge is -2.40. The summed E-state index contributed by atoms with van der Waals surface area (Å²) >= 11 is 0. The Morgan fingerprint density at radius 2 is 0.877 bits per heavy atom. The zero-order valence-electron chi connectivity index (χ0n) is 47.1. The first-order chi connectivity index (χ1) is 35.7. The molecule has 0 radical (unpaired) electrons. The zero-order valence-corrected chi connectivity index (χ0v) is 47.1. The minimum atomic E-state index is -1.57. The van der Waals surface area contributed by atoms with Crippen molar-refractivity contribution in [2.45, 2.75) is 326 Å². The van der Waals surface area contributed by atoms with Crippen LogP contribution in [0.3, 0.4) is 0 Å². The van der Waals surface area contributed by atoms with Crippen molar-refractivity contribution in [3.8, 4) is 0 Å². The highest BCUT2D eigenvalue weighted by atomic mass is 16.7. The summed E-state index contributed by atoms with van der Waals surface area (Å²) in [5.74, 6) is -0.202. The molecule has 73 heavy (non-hydrogen) atoms. The molecule has 0 aromatic heterocycles. The molecule has 1 fully saturated rings. The molecule has 0 saturated carbocycles. The molecular formula is C62H115NO10. The van der Waals surface area contributed by atoms with Crippen LogP contribution < -0.4 is 5.32 Å². The van der Waals surface area contributed by atoms with E-state index >= 15 is 0 Å². The number of ether oxygens (including phenoxy) is 3. The van der Waals surface area contributed by atoms with Gasteiger partial charge in [-0.1, -0.05) is 224 Å². The van der Waals surface area contributed by atoms with Crippen molar-refractivity contribution < 1.29 is 49.3 Å². The molecule has 1 heterocycles. The average molecular weight is 1030 g/mol.